The molecule has 0 saturated heterocycles. The van der Waals surface area contributed by atoms with E-state index < -0.39 is 30.4 Å². The summed E-state index contributed by atoms with van der Waals surface area (Å²) >= 11 is -2.84. The van der Waals surface area contributed by atoms with Gasteiger partial charge in [0.1, 0.15) is 0 Å². The van der Waals surface area contributed by atoms with Crippen molar-refractivity contribution in [2.75, 3.05) is 14.2 Å². The summed E-state index contributed by atoms with van der Waals surface area (Å²) in [5.74, 6) is 0.462. The Labute approximate surface area is 212 Å². The molecule has 0 saturated carbocycles. The second kappa shape index (κ2) is 9.85. The number of ether oxygens (including phenoxy) is 2. The number of rotatable bonds is 7. The van der Waals surface area contributed by atoms with E-state index in [2.05, 4.69) is 0 Å². The van der Waals surface area contributed by atoms with Crippen LogP contribution in [0.4, 0.5) is 0 Å². The first-order valence-electron chi connectivity index (χ1n) is 10.8. The van der Waals surface area contributed by atoms with Crippen LogP contribution in [-0.2, 0) is 12.6 Å². The molecule has 178 valence electrons. The maximum absolute atomic E-state index is 14.1. The zero-order valence-electron chi connectivity index (χ0n) is 19.1. The summed E-state index contributed by atoms with van der Waals surface area (Å²) < 4.78 is 47.2. The summed E-state index contributed by atoms with van der Waals surface area (Å²) in [7, 11) is -1.33. The van der Waals surface area contributed by atoms with E-state index in [1.807, 2.05) is 97.1 Å². The summed E-state index contributed by atoms with van der Waals surface area (Å²) in [5.41, 5.74) is 0. The Morgan fingerprint density at radius 2 is 1.17 bits per heavy atom. The maximum atomic E-state index is 14.1. The molecule has 5 aromatic rings. The van der Waals surface area contributed by atoms with Gasteiger partial charge in [0.25, 0.3) is 0 Å². The van der Waals surface area contributed by atoms with Gasteiger partial charge in [0.15, 0.2) is 0 Å². The third-order valence-electron chi connectivity index (χ3n) is 5.56. The van der Waals surface area contributed by atoms with Crippen molar-refractivity contribution in [1.29, 1.82) is 0 Å². The molecule has 0 amide bonds. The summed E-state index contributed by atoms with van der Waals surface area (Å²) in [6.45, 7) is 0. The van der Waals surface area contributed by atoms with Crippen LogP contribution in [0.1, 0.15) is 0 Å². The van der Waals surface area contributed by atoms with E-state index >= 15 is 0 Å². The fraction of sp³-hybridized carbons (Fsp3) is 0.0714. The monoisotopic (exact) mass is 598 g/mol. The van der Waals surface area contributed by atoms with Crippen molar-refractivity contribution >= 4 is 51.9 Å². The minimum atomic E-state index is -4.26. The molecule has 0 radical (unpaired) electrons. The van der Waals surface area contributed by atoms with Gasteiger partial charge in [0.05, 0.1) is 0 Å². The molecule has 0 heterocycles. The number of hydrogen-bond acceptors (Lipinski definition) is 5. The van der Waals surface area contributed by atoms with Gasteiger partial charge in [-0.15, -0.1) is 0 Å². The molecule has 0 aliphatic heterocycles. The van der Waals surface area contributed by atoms with Crippen LogP contribution < -0.4 is 9.47 Å². The number of fused-ring (bicyclic) bond motifs is 2. The van der Waals surface area contributed by atoms with E-state index in [1.54, 1.807) is 6.07 Å². The molecular formula is C28H23IO5S. The van der Waals surface area contributed by atoms with E-state index in [0.29, 0.717) is 11.1 Å². The van der Waals surface area contributed by atoms with Crippen molar-refractivity contribution in [2.24, 2.45) is 0 Å². The Kier molecular flexibility index (Phi) is 6.64. The third-order valence-corrected chi connectivity index (χ3v) is 13.0. The fourth-order valence-corrected chi connectivity index (χ4v) is 11.3. The topological polar surface area (TPSA) is 61.8 Å². The standard InChI is InChI=1S/C28H23IO5S/c1-32-26-19-22-17-20-11-9-10-12-21(20)18-25(22)28(27(26)33-2)35(30,31)34-29(23-13-5-3-6-14-23)24-15-7-4-8-16-24/h3-19H,1-2H3. The quantitative estimate of drug-likeness (QED) is 0.151. The molecule has 5 rings (SSSR count). The van der Waals surface area contributed by atoms with Crippen LogP contribution in [0, 0.1) is 7.14 Å². The van der Waals surface area contributed by atoms with Crippen LogP contribution in [0.2, 0.25) is 0 Å². The predicted molar refractivity (Wildman–Crippen MR) is 147 cm³/mol. The van der Waals surface area contributed by atoms with Crippen LogP contribution in [0.15, 0.2) is 108 Å². The second-order valence-electron chi connectivity index (χ2n) is 7.72. The Morgan fingerprint density at radius 1 is 0.629 bits per heavy atom. The SMILES string of the molecule is COc1cc2cc3ccccc3cc2c(S(=O)(=O)OI(c2ccccc2)c2ccccc2)c1OC. The van der Waals surface area contributed by atoms with Gasteiger partial charge in [-0.2, -0.15) is 0 Å². The van der Waals surface area contributed by atoms with Crippen molar-refractivity contribution in [1.82, 2.24) is 0 Å². The van der Waals surface area contributed by atoms with Gasteiger partial charge in [-0.1, -0.05) is 0 Å². The van der Waals surface area contributed by atoms with E-state index in [4.69, 9.17) is 12.0 Å². The zero-order chi connectivity index (χ0) is 24.4. The first-order valence-corrected chi connectivity index (χ1v) is 15.3. The predicted octanol–water partition coefficient (Wildman–Crippen LogP) is 6.88. The van der Waals surface area contributed by atoms with Gasteiger partial charge in [0.2, 0.25) is 0 Å². The Bertz CT molecular complexity index is 1560. The molecule has 7 heteroatoms. The molecule has 5 aromatic carbocycles. The minimum absolute atomic E-state index is 0.0192. The Morgan fingerprint density at radius 3 is 1.71 bits per heavy atom. The van der Waals surface area contributed by atoms with Crippen LogP contribution in [-0.4, -0.2) is 22.6 Å². The number of halogens is 1. The molecule has 0 bridgehead atoms. The molecule has 0 N–H and O–H groups in total. The molecule has 0 atom stereocenters. The van der Waals surface area contributed by atoms with Crippen molar-refractivity contribution in [3.63, 3.8) is 0 Å². The zero-order valence-corrected chi connectivity index (χ0v) is 22.1. The number of hydrogen-bond donors (Lipinski definition) is 0. The van der Waals surface area contributed by atoms with Crippen molar-refractivity contribution < 1.29 is 20.4 Å². The number of benzene rings is 5. The molecule has 0 aromatic heterocycles. The third kappa shape index (κ3) is 4.59. The van der Waals surface area contributed by atoms with Crippen molar-refractivity contribution in [3.8, 4) is 11.5 Å². The summed E-state index contributed by atoms with van der Waals surface area (Å²) in [5, 5.41) is 3.17. The molecule has 0 aliphatic rings. The molecule has 0 aliphatic carbocycles. The molecule has 0 spiro atoms. The first kappa shape index (κ1) is 23.6. The molecule has 0 fully saturated rings. The summed E-state index contributed by atoms with van der Waals surface area (Å²) in [6, 6.07) is 32.5. The van der Waals surface area contributed by atoms with E-state index in [-0.39, 0.29) is 10.6 Å². The van der Waals surface area contributed by atoms with Gasteiger partial charge < -0.3 is 0 Å². The van der Waals surface area contributed by atoms with Crippen LogP contribution in [0.5, 0.6) is 11.5 Å². The average molecular weight is 598 g/mol. The van der Waals surface area contributed by atoms with E-state index in [1.165, 1.54) is 14.2 Å². The molecular weight excluding hydrogens is 575 g/mol. The molecule has 0 unspecified atom stereocenters. The first-order chi connectivity index (χ1) is 17.0. The van der Waals surface area contributed by atoms with Gasteiger partial charge in [-0.3, -0.25) is 0 Å². The summed E-state index contributed by atoms with van der Waals surface area (Å²) in [4.78, 5) is -0.0192. The molecule has 35 heavy (non-hydrogen) atoms. The normalized spacial score (nSPS) is 12.0. The Balaban J connectivity index is 1.75. The second-order valence-corrected chi connectivity index (χ2v) is 14.2. The van der Waals surface area contributed by atoms with E-state index in [0.717, 1.165) is 23.3 Å². The molecule has 5 nitrogen and oxygen atoms in total. The van der Waals surface area contributed by atoms with Gasteiger partial charge >= 0.3 is 213 Å². The fourth-order valence-electron chi connectivity index (χ4n) is 3.98. The summed E-state index contributed by atoms with van der Waals surface area (Å²) in [6.07, 6.45) is 0. The van der Waals surface area contributed by atoms with Crippen LogP contribution in [0.3, 0.4) is 0 Å². The number of methoxy groups -OCH3 is 2. The van der Waals surface area contributed by atoms with Crippen LogP contribution in [0.25, 0.3) is 21.5 Å². The van der Waals surface area contributed by atoms with Gasteiger partial charge in [-0.25, -0.2) is 0 Å². The van der Waals surface area contributed by atoms with Crippen molar-refractivity contribution in [2.45, 2.75) is 4.90 Å². The van der Waals surface area contributed by atoms with E-state index in [9.17, 15) is 8.42 Å². The van der Waals surface area contributed by atoms with Crippen LogP contribution >= 0.6 is 20.2 Å². The Hall–Kier alpha value is -3.14. The average Bonchev–Trinajstić information content (AvgIpc) is 2.90. The van der Waals surface area contributed by atoms with Gasteiger partial charge in [0, 0.05) is 0 Å². The van der Waals surface area contributed by atoms with Crippen molar-refractivity contribution in [3.05, 3.63) is 110 Å². The van der Waals surface area contributed by atoms with Gasteiger partial charge in [-0.05, 0) is 0 Å².